The first-order chi connectivity index (χ1) is 18.3. The van der Waals surface area contributed by atoms with Crippen molar-refractivity contribution in [2.75, 3.05) is 31.0 Å². The van der Waals surface area contributed by atoms with Crippen LogP contribution in [0, 0.1) is 5.92 Å². The summed E-state index contributed by atoms with van der Waals surface area (Å²) < 4.78 is 34.3. The number of para-hydroxylation sites is 1. The molecule has 2 fully saturated rings. The van der Waals surface area contributed by atoms with Crippen LogP contribution in [-0.2, 0) is 14.8 Å². The van der Waals surface area contributed by atoms with Gasteiger partial charge in [0.05, 0.1) is 17.6 Å². The molecule has 0 bridgehead atoms. The number of carboxylic acid groups (broad SMARTS) is 1. The van der Waals surface area contributed by atoms with Crippen LogP contribution in [0.15, 0.2) is 65.7 Å². The monoisotopic (exact) mass is 538 g/mol. The van der Waals surface area contributed by atoms with E-state index in [1.807, 2.05) is 6.92 Å². The molecule has 0 spiro atoms. The number of aromatic nitrogens is 1. The third kappa shape index (κ3) is 5.03. The molecule has 2 amide bonds. The number of hydrogen-bond acceptors (Lipinski definition) is 6. The lowest BCUT2D eigenvalue weighted by molar-refractivity contribution is -0.0225. The van der Waals surface area contributed by atoms with Crippen LogP contribution < -0.4 is 4.72 Å². The lowest BCUT2D eigenvalue weighted by Gasteiger charge is -2.49. The van der Waals surface area contributed by atoms with Gasteiger partial charge in [-0.25, -0.2) is 13.2 Å². The Morgan fingerprint density at radius 3 is 2.39 bits per heavy atom. The maximum Gasteiger partial charge on any atom is 0.407 e. The molecule has 1 unspecified atom stereocenters. The molecule has 0 radical (unpaired) electrons. The Morgan fingerprint density at radius 2 is 1.68 bits per heavy atom. The SMILES string of the molecule is CC1[C@@H](C2CCOCC2)N(C(=O)O)CCN1C(=O)c1ccc(NS(=O)(=O)c2cccc3cccnc23)cc1. The number of pyridine rings is 1. The zero-order valence-electron chi connectivity index (χ0n) is 21.0. The fourth-order valence-corrected chi connectivity index (χ4v) is 6.82. The maximum atomic E-state index is 13.5. The zero-order valence-corrected chi connectivity index (χ0v) is 21.8. The molecule has 0 saturated carbocycles. The van der Waals surface area contributed by atoms with Gasteiger partial charge in [-0.2, -0.15) is 0 Å². The number of carbonyl (C=O) groups excluding carboxylic acids is 1. The summed E-state index contributed by atoms with van der Waals surface area (Å²) >= 11 is 0. The Morgan fingerprint density at radius 1 is 1.00 bits per heavy atom. The lowest BCUT2D eigenvalue weighted by Crippen LogP contribution is -2.63. The van der Waals surface area contributed by atoms with Crippen LogP contribution in [-0.4, -0.2) is 78.7 Å². The van der Waals surface area contributed by atoms with Crippen molar-refractivity contribution in [3.8, 4) is 0 Å². The summed E-state index contributed by atoms with van der Waals surface area (Å²) in [4.78, 5) is 32.9. The Kier molecular flexibility index (Phi) is 7.22. The summed E-state index contributed by atoms with van der Waals surface area (Å²) in [5, 5.41) is 10.5. The minimum atomic E-state index is -3.92. The van der Waals surface area contributed by atoms with E-state index >= 15 is 0 Å². The van der Waals surface area contributed by atoms with Gasteiger partial charge >= 0.3 is 6.09 Å². The summed E-state index contributed by atoms with van der Waals surface area (Å²) in [5.41, 5.74) is 1.10. The molecule has 2 N–H and O–H groups in total. The van der Waals surface area contributed by atoms with E-state index in [4.69, 9.17) is 4.74 Å². The fourth-order valence-electron chi connectivity index (χ4n) is 5.58. The van der Waals surface area contributed by atoms with Gasteiger partial charge in [0.25, 0.3) is 15.9 Å². The van der Waals surface area contributed by atoms with Crippen molar-refractivity contribution >= 4 is 38.6 Å². The number of sulfonamides is 1. The lowest BCUT2D eigenvalue weighted by atomic mass is 9.84. The third-order valence-electron chi connectivity index (χ3n) is 7.45. The highest BCUT2D eigenvalue weighted by molar-refractivity contribution is 7.93. The molecule has 2 aliphatic rings. The minimum Gasteiger partial charge on any atom is -0.465 e. The standard InChI is InChI=1S/C27H30N4O6S/c1-18-25(20-11-16-37-17-12-20)31(27(33)34)15-14-30(18)26(32)21-7-9-22(10-8-21)29-38(35,36)23-6-2-4-19-5-3-13-28-24(19)23/h2-10,13,18,20,25,29H,11-12,14-17H2,1H3,(H,33,34)/t18?,25-/m0/s1. The molecule has 5 rings (SSSR count). The number of amides is 2. The number of carbonyl (C=O) groups is 2. The Balaban J connectivity index is 1.33. The van der Waals surface area contributed by atoms with E-state index in [-0.39, 0.29) is 41.9 Å². The molecule has 11 heteroatoms. The first-order valence-corrected chi connectivity index (χ1v) is 14.1. The van der Waals surface area contributed by atoms with Gasteiger partial charge in [-0.05, 0) is 62.1 Å². The molecule has 2 saturated heterocycles. The number of rotatable bonds is 5. The number of nitrogens with one attached hydrogen (secondary N) is 1. The smallest absolute Gasteiger partial charge is 0.407 e. The molecule has 2 aromatic carbocycles. The number of benzene rings is 2. The average Bonchev–Trinajstić information content (AvgIpc) is 2.92. The Hall–Kier alpha value is -3.70. The van der Waals surface area contributed by atoms with Crippen molar-refractivity contribution in [1.82, 2.24) is 14.8 Å². The van der Waals surface area contributed by atoms with Gasteiger partial charge in [-0.1, -0.05) is 18.2 Å². The van der Waals surface area contributed by atoms with Crippen molar-refractivity contribution in [3.63, 3.8) is 0 Å². The van der Waals surface area contributed by atoms with Crippen molar-refractivity contribution in [1.29, 1.82) is 0 Å². The quantitative estimate of drug-likeness (QED) is 0.507. The zero-order chi connectivity index (χ0) is 26.9. The third-order valence-corrected chi connectivity index (χ3v) is 8.87. The van der Waals surface area contributed by atoms with E-state index in [0.717, 1.165) is 12.8 Å². The second-order valence-corrected chi connectivity index (χ2v) is 11.3. The van der Waals surface area contributed by atoms with Crippen LogP contribution in [0.2, 0.25) is 0 Å². The molecule has 10 nitrogen and oxygen atoms in total. The highest BCUT2D eigenvalue weighted by atomic mass is 32.2. The van der Waals surface area contributed by atoms with Crippen molar-refractivity contribution in [2.24, 2.45) is 5.92 Å². The molecule has 200 valence electrons. The molecular formula is C27H30N4O6S. The molecule has 0 aliphatic carbocycles. The van der Waals surface area contributed by atoms with Crippen LogP contribution in [0.3, 0.4) is 0 Å². The van der Waals surface area contributed by atoms with Gasteiger partial charge in [0, 0.05) is 49.1 Å². The number of piperazine rings is 1. The van der Waals surface area contributed by atoms with Gasteiger partial charge in [0.1, 0.15) is 4.90 Å². The summed E-state index contributed by atoms with van der Waals surface area (Å²) in [7, 11) is -3.92. The second kappa shape index (κ2) is 10.6. The van der Waals surface area contributed by atoms with Gasteiger partial charge in [0.2, 0.25) is 0 Å². The number of fused-ring (bicyclic) bond motifs is 1. The van der Waals surface area contributed by atoms with Crippen molar-refractivity contribution in [3.05, 3.63) is 66.4 Å². The van der Waals surface area contributed by atoms with Crippen LogP contribution in [0.25, 0.3) is 10.9 Å². The molecule has 2 aliphatic heterocycles. The Bertz CT molecular complexity index is 1430. The minimum absolute atomic E-state index is 0.0695. The fraction of sp³-hybridized carbons (Fsp3) is 0.370. The van der Waals surface area contributed by atoms with Gasteiger partial charge in [-0.15, -0.1) is 0 Å². The highest BCUT2D eigenvalue weighted by Gasteiger charge is 2.43. The van der Waals surface area contributed by atoms with Gasteiger partial charge in [-0.3, -0.25) is 14.5 Å². The molecule has 3 heterocycles. The number of anilines is 1. The topological polar surface area (TPSA) is 129 Å². The average molecular weight is 539 g/mol. The first kappa shape index (κ1) is 25.9. The van der Waals surface area contributed by atoms with Gasteiger partial charge in [0.15, 0.2) is 0 Å². The molecule has 3 aromatic rings. The molecular weight excluding hydrogens is 508 g/mol. The maximum absolute atomic E-state index is 13.5. The molecule has 1 aromatic heterocycles. The summed E-state index contributed by atoms with van der Waals surface area (Å²) in [6.07, 6.45) is 2.08. The molecule has 38 heavy (non-hydrogen) atoms. The number of ether oxygens (including phenoxy) is 1. The summed E-state index contributed by atoms with van der Waals surface area (Å²) in [6.45, 7) is 3.59. The first-order valence-electron chi connectivity index (χ1n) is 12.6. The van der Waals surface area contributed by atoms with Crippen molar-refractivity contribution in [2.45, 2.75) is 36.7 Å². The van der Waals surface area contributed by atoms with E-state index in [9.17, 15) is 23.1 Å². The number of nitrogens with zero attached hydrogens (tertiary/aromatic N) is 3. The predicted molar refractivity (Wildman–Crippen MR) is 142 cm³/mol. The molecule has 2 atom stereocenters. The summed E-state index contributed by atoms with van der Waals surface area (Å²) in [6, 6.07) is 14.2. The predicted octanol–water partition coefficient (Wildman–Crippen LogP) is 3.66. The van der Waals surface area contributed by atoms with E-state index in [2.05, 4.69) is 9.71 Å². The van der Waals surface area contributed by atoms with Crippen LogP contribution >= 0.6 is 0 Å². The Labute approximate surface area is 221 Å². The van der Waals surface area contributed by atoms with Crippen molar-refractivity contribution < 1.29 is 27.9 Å². The van der Waals surface area contributed by atoms with Crippen LogP contribution in [0.5, 0.6) is 0 Å². The normalized spacial score (nSPS) is 20.9. The largest absolute Gasteiger partial charge is 0.465 e. The highest BCUT2D eigenvalue weighted by Crippen LogP contribution is 2.31. The van der Waals surface area contributed by atoms with E-state index < -0.39 is 16.1 Å². The second-order valence-electron chi connectivity index (χ2n) is 9.67. The number of hydrogen-bond donors (Lipinski definition) is 2. The van der Waals surface area contributed by atoms with E-state index in [0.29, 0.717) is 35.4 Å². The van der Waals surface area contributed by atoms with E-state index in [1.165, 1.54) is 11.0 Å². The van der Waals surface area contributed by atoms with Crippen LogP contribution in [0.1, 0.15) is 30.1 Å². The van der Waals surface area contributed by atoms with E-state index in [1.54, 1.807) is 59.6 Å². The van der Waals surface area contributed by atoms with Gasteiger partial charge < -0.3 is 19.6 Å². The summed E-state index contributed by atoms with van der Waals surface area (Å²) in [5.74, 6) is -0.0990. The van der Waals surface area contributed by atoms with Crippen LogP contribution in [0.4, 0.5) is 10.5 Å².